The second-order valence-electron chi connectivity index (χ2n) is 7.71. The molecular formula is C25H27N5O5S. The van der Waals surface area contributed by atoms with Crippen molar-refractivity contribution >= 4 is 41.1 Å². The van der Waals surface area contributed by atoms with Crippen molar-refractivity contribution in [2.75, 3.05) is 25.5 Å². The van der Waals surface area contributed by atoms with Gasteiger partial charge >= 0.3 is 5.97 Å². The Kier molecular flexibility index (Phi) is 9.12. The highest BCUT2D eigenvalue weighted by Gasteiger charge is 2.25. The van der Waals surface area contributed by atoms with Crippen LogP contribution in [0.15, 0.2) is 47.9 Å². The molecule has 0 saturated heterocycles. The summed E-state index contributed by atoms with van der Waals surface area (Å²) >= 11 is 1.27. The maximum atomic E-state index is 13.0. The number of hydrogen-bond acceptors (Lipinski definition) is 9. The third-order valence-electron chi connectivity index (χ3n) is 5.06. The number of aromatic nitrogens is 2. The van der Waals surface area contributed by atoms with Gasteiger partial charge in [-0.1, -0.05) is 30.4 Å². The number of esters is 1. The van der Waals surface area contributed by atoms with Crippen LogP contribution in [0.25, 0.3) is 6.08 Å². The third-order valence-corrected chi connectivity index (χ3v) is 5.93. The number of phenolic OH excluding ortho intramolecular Hbond substituents is 1. The lowest BCUT2D eigenvalue weighted by molar-refractivity contribution is -0.142. The number of nitrogens with zero attached hydrogens (tertiary/aromatic N) is 2. The highest BCUT2D eigenvalue weighted by molar-refractivity contribution is 7.12. The van der Waals surface area contributed by atoms with Crippen LogP contribution in [0.2, 0.25) is 0 Å². The zero-order valence-electron chi connectivity index (χ0n) is 20.1. The second kappa shape index (κ2) is 12.5. The summed E-state index contributed by atoms with van der Waals surface area (Å²) in [5.41, 5.74) is 1.93. The molecule has 3 aromatic rings. The quantitative estimate of drug-likeness (QED) is 0.306. The number of phenols is 1. The molecule has 188 valence electrons. The minimum Gasteiger partial charge on any atom is -0.508 e. The Hall–Kier alpha value is -4.25. The predicted molar refractivity (Wildman–Crippen MR) is 137 cm³/mol. The molecule has 0 fully saturated rings. The van der Waals surface area contributed by atoms with Crippen LogP contribution in [-0.2, 0) is 9.53 Å². The number of carbonyl (C=O) groups excluding carboxylic acids is 3. The zero-order valence-corrected chi connectivity index (χ0v) is 20.9. The van der Waals surface area contributed by atoms with E-state index in [1.54, 1.807) is 49.6 Å². The van der Waals surface area contributed by atoms with Crippen LogP contribution in [0.1, 0.15) is 37.0 Å². The molecular weight excluding hydrogens is 482 g/mol. The summed E-state index contributed by atoms with van der Waals surface area (Å²) in [6.07, 6.45) is 3.70. The summed E-state index contributed by atoms with van der Waals surface area (Å²) in [6.45, 7) is 3.62. The van der Waals surface area contributed by atoms with E-state index in [9.17, 15) is 19.5 Å². The summed E-state index contributed by atoms with van der Waals surface area (Å²) in [5, 5.41) is 19.6. The summed E-state index contributed by atoms with van der Waals surface area (Å²) in [7, 11) is 1.21. The molecule has 0 spiro atoms. The first kappa shape index (κ1) is 26.4. The summed E-state index contributed by atoms with van der Waals surface area (Å²) in [6, 6.07) is 9.17. The van der Waals surface area contributed by atoms with Crippen LogP contribution < -0.4 is 16.0 Å². The maximum absolute atomic E-state index is 13.0. The molecule has 0 bridgehead atoms. The number of amides is 2. The standard InChI is InChI=1S/C25H27N5O5S/c1-15-21(16(2)29-25(28-15)26-11-5-8-17-7-4-9-18(31)13-17)23(33)30-19(24(34)35-3)14-27-22(32)20-10-6-12-36-20/h4-10,12-13,19,31H,11,14H2,1-3H3,(H,27,32)(H,30,33)(H,26,28,29)/b8-5+/t19-/m0/s1. The normalized spacial score (nSPS) is 11.6. The number of thiophene rings is 1. The fraction of sp³-hybridized carbons (Fsp3) is 0.240. The highest BCUT2D eigenvalue weighted by Crippen LogP contribution is 2.14. The van der Waals surface area contributed by atoms with Crippen molar-refractivity contribution in [2.45, 2.75) is 19.9 Å². The summed E-state index contributed by atoms with van der Waals surface area (Å²) < 4.78 is 4.78. The van der Waals surface area contributed by atoms with E-state index in [-0.39, 0.29) is 23.8 Å². The first-order chi connectivity index (χ1) is 17.3. The summed E-state index contributed by atoms with van der Waals surface area (Å²) in [4.78, 5) is 46.6. The molecule has 2 heterocycles. The lowest BCUT2D eigenvalue weighted by atomic mass is 10.1. The van der Waals surface area contributed by atoms with Crippen LogP contribution in [0.4, 0.5) is 5.95 Å². The van der Waals surface area contributed by atoms with E-state index >= 15 is 0 Å². The van der Waals surface area contributed by atoms with Crippen molar-refractivity contribution in [1.82, 2.24) is 20.6 Å². The topological polar surface area (TPSA) is 143 Å². The molecule has 1 aromatic carbocycles. The van der Waals surface area contributed by atoms with Crippen molar-refractivity contribution in [3.63, 3.8) is 0 Å². The molecule has 0 unspecified atom stereocenters. The number of anilines is 1. The van der Waals surface area contributed by atoms with Gasteiger partial charge in [-0.05, 0) is 43.0 Å². The van der Waals surface area contributed by atoms with E-state index in [2.05, 4.69) is 25.9 Å². The van der Waals surface area contributed by atoms with Crippen molar-refractivity contribution < 1.29 is 24.2 Å². The van der Waals surface area contributed by atoms with Gasteiger partial charge < -0.3 is 25.8 Å². The molecule has 2 aromatic heterocycles. The van der Waals surface area contributed by atoms with E-state index in [4.69, 9.17) is 4.74 Å². The van der Waals surface area contributed by atoms with Gasteiger partial charge in [-0.2, -0.15) is 0 Å². The average Bonchev–Trinajstić information content (AvgIpc) is 3.38. The number of methoxy groups -OCH3 is 1. The van der Waals surface area contributed by atoms with Gasteiger partial charge in [0.05, 0.1) is 28.9 Å². The van der Waals surface area contributed by atoms with Gasteiger partial charge in [0, 0.05) is 13.1 Å². The van der Waals surface area contributed by atoms with Gasteiger partial charge in [-0.3, -0.25) is 9.59 Å². The van der Waals surface area contributed by atoms with E-state index in [0.29, 0.717) is 28.8 Å². The van der Waals surface area contributed by atoms with E-state index in [0.717, 1.165) is 5.56 Å². The predicted octanol–water partition coefficient (Wildman–Crippen LogP) is 2.69. The fourth-order valence-electron chi connectivity index (χ4n) is 3.35. The molecule has 2 amide bonds. The molecule has 36 heavy (non-hydrogen) atoms. The number of hydrogen-bond donors (Lipinski definition) is 4. The van der Waals surface area contributed by atoms with Gasteiger partial charge in [0.25, 0.3) is 11.8 Å². The van der Waals surface area contributed by atoms with Crippen LogP contribution in [0.5, 0.6) is 5.75 Å². The Labute approximate surface area is 212 Å². The van der Waals surface area contributed by atoms with Gasteiger partial charge in [0.1, 0.15) is 11.8 Å². The SMILES string of the molecule is COC(=O)[C@H](CNC(=O)c1cccs1)NC(=O)c1c(C)nc(NC/C=C/c2cccc(O)c2)nc1C. The smallest absolute Gasteiger partial charge is 0.330 e. The minimum atomic E-state index is -1.09. The molecule has 0 aliphatic carbocycles. The van der Waals surface area contributed by atoms with Gasteiger partial charge in [-0.15, -0.1) is 11.3 Å². The first-order valence-corrected chi connectivity index (χ1v) is 11.9. The molecule has 3 rings (SSSR count). The minimum absolute atomic E-state index is 0.140. The lowest BCUT2D eigenvalue weighted by Gasteiger charge is -2.18. The molecule has 0 radical (unpaired) electrons. The first-order valence-electron chi connectivity index (χ1n) is 11.0. The number of ether oxygens (including phenoxy) is 1. The Morgan fingerprint density at radius 1 is 1.11 bits per heavy atom. The number of benzene rings is 1. The Bertz CT molecular complexity index is 1240. The van der Waals surface area contributed by atoms with E-state index < -0.39 is 17.9 Å². The molecule has 1 atom stereocenters. The van der Waals surface area contributed by atoms with Gasteiger partial charge in [0.2, 0.25) is 5.95 Å². The van der Waals surface area contributed by atoms with Crippen molar-refractivity contribution in [3.05, 3.63) is 75.2 Å². The number of rotatable bonds is 10. The number of aryl methyl sites for hydroxylation is 2. The Morgan fingerprint density at radius 2 is 1.86 bits per heavy atom. The van der Waals surface area contributed by atoms with Crippen molar-refractivity contribution in [3.8, 4) is 5.75 Å². The molecule has 0 aliphatic heterocycles. The maximum Gasteiger partial charge on any atom is 0.330 e. The van der Waals surface area contributed by atoms with Crippen molar-refractivity contribution in [2.24, 2.45) is 0 Å². The van der Waals surface area contributed by atoms with Crippen LogP contribution in [-0.4, -0.2) is 59.1 Å². The van der Waals surface area contributed by atoms with Crippen LogP contribution in [0, 0.1) is 13.8 Å². The molecule has 10 nitrogen and oxygen atoms in total. The van der Waals surface area contributed by atoms with Crippen LogP contribution >= 0.6 is 11.3 Å². The second-order valence-corrected chi connectivity index (χ2v) is 8.66. The molecule has 0 aliphatic rings. The van der Waals surface area contributed by atoms with Crippen molar-refractivity contribution in [1.29, 1.82) is 0 Å². The van der Waals surface area contributed by atoms with Gasteiger partial charge in [-0.25, -0.2) is 14.8 Å². The van der Waals surface area contributed by atoms with Crippen LogP contribution in [0.3, 0.4) is 0 Å². The summed E-state index contributed by atoms with van der Waals surface area (Å²) in [5.74, 6) is -1.07. The monoisotopic (exact) mass is 509 g/mol. The molecule has 4 N–H and O–H groups in total. The van der Waals surface area contributed by atoms with E-state index in [1.165, 1.54) is 18.4 Å². The highest BCUT2D eigenvalue weighted by atomic mass is 32.1. The number of carbonyl (C=O) groups is 3. The largest absolute Gasteiger partial charge is 0.508 e. The number of nitrogens with one attached hydrogen (secondary N) is 3. The van der Waals surface area contributed by atoms with E-state index in [1.807, 2.05) is 18.2 Å². The average molecular weight is 510 g/mol. The Balaban J connectivity index is 1.63. The molecule has 0 saturated carbocycles. The lowest BCUT2D eigenvalue weighted by Crippen LogP contribution is -2.49. The Morgan fingerprint density at radius 3 is 2.50 bits per heavy atom. The number of aromatic hydroxyl groups is 1. The molecule has 11 heteroatoms. The van der Waals surface area contributed by atoms with Gasteiger partial charge in [0.15, 0.2) is 0 Å². The zero-order chi connectivity index (χ0) is 26.1. The third kappa shape index (κ3) is 7.12. The fourth-order valence-corrected chi connectivity index (χ4v) is 3.99.